The summed E-state index contributed by atoms with van der Waals surface area (Å²) < 4.78 is 88.4. The number of alkyl halides is 5. The third kappa shape index (κ3) is 4.48. The number of amides is 1. The number of carbonyl (C=O) groups excluding carboxylic acids is 2. The van der Waals surface area contributed by atoms with Crippen LogP contribution in [0.3, 0.4) is 0 Å². The van der Waals surface area contributed by atoms with Gasteiger partial charge in [0.1, 0.15) is 5.02 Å². The Kier molecular flexibility index (Phi) is 6.16. The number of hydrogen-bond donors (Lipinski definition) is 0. The van der Waals surface area contributed by atoms with E-state index in [9.17, 15) is 31.5 Å². The summed E-state index contributed by atoms with van der Waals surface area (Å²) in [5, 5.41) is 2.91. The van der Waals surface area contributed by atoms with E-state index in [0.29, 0.717) is 19.3 Å². The van der Waals surface area contributed by atoms with Crippen LogP contribution in [0, 0.1) is 10.8 Å². The summed E-state index contributed by atoms with van der Waals surface area (Å²) in [7, 11) is 2.69. The molecule has 3 aromatic rings. The zero-order chi connectivity index (χ0) is 30.2. The highest BCUT2D eigenvalue weighted by Gasteiger charge is 2.72. The quantitative estimate of drug-likeness (QED) is 0.243. The van der Waals surface area contributed by atoms with Gasteiger partial charge in [0, 0.05) is 29.8 Å². The lowest BCUT2D eigenvalue weighted by Gasteiger charge is -2.68. The number of rotatable bonds is 7. The molecule has 0 atom stereocenters. The number of aromatic nitrogens is 2. The third-order valence-electron chi connectivity index (χ3n) is 7.74. The van der Waals surface area contributed by atoms with Crippen molar-refractivity contribution in [2.45, 2.75) is 31.7 Å². The smallest absolute Gasteiger partial charge is 0.476 e. The summed E-state index contributed by atoms with van der Waals surface area (Å²) in [5.41, 5.74) is -2.04. The SMILES string of the molecule is COC(=O)C12CC(COc3c(Cl)c(C(F)(F)F)nn3-c3cccc(C(=O)N(C)c4ccc5c(c4)OC(F)(F)O5)c3)(C1)C2. The minimum atomic E-state index is -4.89. The lowest BCUT2D eigenvalue weighted by atomic mass is 9.35. The Bertz CT molecular complexity index is 1600. The molecule has 2 aromatic carbocycles. The maximum atomic E-state index is 13.7. The maximum Gasteiger partial charge on any atom is 0.586 e. The standard InChI is InChI=1S/C27H21ClF5N3O6/c1-35(15-6-7-17-18(9-15)42-27(32,33)41-17)21(37)14-4-3-5-16(8-14)36-22(19(28)20(34-36)26(29,30)31)40-13-24-10-25(11-24,12-24)23(38)39-2/h3-9H,10-13H2,1-2H3. The van der Waals surface area contributed by atoms with Gasteiger partial charge in [0.05, 0.1) is 24.8 Å². The van der Waals surface area contributed by atoms with E-state index in [4.69, 9.17) is 21.1 Å². The van der Waals surface area contributed by atoms with Gasteiger partial charge in [-0.15, -0.1) is 8.78 Å². The summed E-state index contributed by atoms with van der Waals surface area (Å²) in [6.45, 7) is -0.00102. The summed E-state index contributed by atoms with van der Waals surface area (Å²) >= 11 is 6.11. The van der Waals surface area contributed by atoms with Gasteiger partial charge in [-0.3, -0.25) is 9.59 Å². The predicted octanol–water partition coefficient (Wildman–Crippen LogP) is 5.86. The first-order valence-corrected chi connectivity index (χ1v) is 12.9. The van der Waals surface area contributed by atoms with E-state index >= 15 is 0 Å². The molecule has 3 aliphatic carbocycles. The van der Waals surface area contributed by atoms with Crippen LogP contribution in [0.15, 0.2) is 42.5 Å². The van der Waals surface area contributed by atoms with Crippen molar-refractivity contribution in [1.82, 2.24) is 9.78 Å². The molecule has 2 bridgehead atoms. The molecule has 1 aliphatic heterocycles. The molecule has 0 saturated heterocycles. The van der Waals surface area contributed by atoms with Gasteiger partial charge in [0.2, 0.25) is 5.88 Å². The topological polar surface area (TPSA) is 92.1 Å². The summed E-state index contributed by atoms with van der Waals surface area (Å²) in [5.74, 6) is -1.76. The van der Waals surface area contributed by atoms with E-state index in [1.54, 1.807) is 0 Å². The fourth-order valence-electron chi connectivity index (χ4n) is 5.90. The van der Waals surface area contributed by atoms with Crippen molar-refractivity contribution in [2.24, 2.45) is 10.8 Å². The molecule has 4 aliphatic rings. The first-order chi connectivity index (χ1) is 19.7. The van der Waals surface area contributed by atoms with Crippen LogP contribution in [0.5, 0.6) is 17.4 Å². The Balaban J connectivity index is 1.26. The average molecular weight is 614 g/mol. The van der Waals surface area contributed by atoms with E-state index < -0.39 is 34.5 Å². The number of benzene rings is 2. The van der Waals surface area contributed by atoms with Crippen LogP contribution in [-0.2, 0) is 15.7 Å². The Morgan fingerprint density at radius 2 is 1.79 bits per heavy atom. The van der Waals surface area contributed by atoms with Crippen molar-refractivity contribution in [2.75, 3.05) is 25.7 Å². The Labute approximate surface area is 239 Å². The number of hydrogen-bond acceptors (Lipinski definition) is 7. The van der Waals surface area contributed by atoms with Gasteiger partial charge in [0.15, 0.2) is 17.2 Å². The summed E-state index contributed by atoms with van der Waals surface area (Å²) in [6, 6.07) is 9.36. The molecular formula is C27H21ClF5N3O6. The molecule has 3 fully saturated rings. The number of esters is 1. The average Bonchev–Trinajstić information content (AvgIpc) is 3.40. The minimum Gasteiger partial charge on any atom is -0.476 e. The number of carbonyl (C=O) groups is 2. The highest BCUT2D eigenvalue weighted by atomic mass is 35.5. The van der Waals surface area contributed by atoms with E-state index in [2.05, 4.69) is 14.6 Å². The normalized spacial score (nSPS) is 23.0. The second-order valence-electron chi connectivity index (χ2n) is 10.7. The predicted molar refractivity (Wildman–Crippen MR) is 135 cm³/mol. The van der Waals surface area contributed by atoms with E-state index in [-0.39, 0.29) is 52.3 Å². The molecule has 7 rings (SSSR count). The van der Waals surface area contributed by atoms with Crippen molar-refractivity contribution < 1.29 is 50.5 Å². The molecule has 2 heterocycles. The van der Waals surface area contributed by atoms with Gasteiger partial charge in [-0.2, -0.15) is 23.0 Å². The van der Waals surface area contributed by atoms with Crippen LogP contribution in [0.2, 0.25) is 5.02 Å². The fourth-order valence-corrected chi connectivity index (χ4v) is 6.18. The molecule has 1 amide bonds. The number of fused-ring (bicyclic) bond motifs is 1. The van der Waals surface area contributed by atoms with Gasteiger partial charge >= 0.3 is 18.4 Å². The van der Waals surface area contributed by atoms with Crippen LogP contribution in [0.1, 0.15) is 35.3 Å². The van der Waals surface area contributed by atoms with Crippen LogP contribution < -0.4 is 19.1 Å². The zero-order valence-corrected chi connectivity index (χ0v) is 22.7. The largest absolute Gasteiger partial charge is 0.586 e. The van der Waals surface area contributed by atoms with Crippen molar-refractivity contribution in [3.8, 4) is 23.1 Å². The lowest BCUT2D eigenvalue weighted by molar-refractivity contribution is -0.286. The van der Waals surface area contributed by atoms with Crippen molar-refractivity contribution in [3.05, 3.63) is 58.7 Å². The van der Waals surface area contributed by atoms with Gasteiger partial charge in [-0.25, -0.2) is 0 Å². The van der Waals surface area contributed by atoms with Crippen molar-refractivity contribution in [3.63, 3.8) is 0 Å². The summed E-state index contributed by atoms with van der Waals surface area (Å²) in [4.78, 5) is 26.4. The van der Waals surface area contributed by atoms with Crippen LogP contribution in [0.4, 0.5) is 27.6 Å². The number of anilines is 1. The first-order valence-electron chi connectivity index (χ1n) is 12.5. The summed E-state index contributed by atoms with van der Waals surface area (Å²) in [6.07, 6.45) is -7.27. The number of halogens is 6. The highest BCUT2D eigenvalue weighted by Crippen LogP contribution is 2.73. The van der Waals surface area contributed by atoms with Crippen LogP contribution in [0.25, 0.3) is 5.69 Å². The van der Waals surface area contributed by atoms with Gasteiger partial charge in [0.25, 0.3) is 5.91 Å². The van der Waals surface area contributed by atoms with Crippen LogP contribution >= 0.6 is 11.6 Å². The Morgan fingerprint density at radius 1 is 1.10 bits per heavy atom. The second-order valence-corrected chi connectivity index (χ2v) is 11.1. The first kappa shape index (κ1) is 28.1. The van der Waals surface area contributed by atoms with Gasteiger partial charge in [-0.05, 0) is 49.6 Å². The second kappa shape index (κ2) is 9.21. The molecule has 0 spiro atoms. The van der Waals surface area contributed by atoms with Crippen LogP contribution in [-0.4, -0.2) is 48.7 Å². The fraction of sp³-hybridized carbons (Fsp3) is 0.370. The monoisotopic (exact) mass is 613 g/mol. The van der Waals surface area contributed by atoms with Gasteiger partial charge in [-0.1, -0.05) is 17.7 Å². The zero-order valence-electron chi connectivity index (χ0n) is 21.9. The molecule has 1 aromatic heterocycles. The van der Waals surface area contributed by atoms with E-state index in [1.165, 1.54) is 56.6 Å². The Morgan fingerprint density at radius 3 is 2.45 bits per heavy atom. The van der Waals surface area contributed by atoms with E-state index in [1.807, 2.05) is 0 Å². The molecule has 0 radical (unpaired) electrons. The molecule has 9 nitrogen and oxygen atoms in total. The molecule has 0 N–H and O–H groups in total. The lowest BCUT2D eigenvalue weighted by Crippen LogP contribution is -2.67. The minimum absolute atomic E-state index is 0.00102. The molecule has 42 heavy (non-hydrogen) atoms. The molecule has 3 saturated carbocycles. The molecule has 15 heteroatoms. The van der Waals surface area contributed by atoms with Crippen molar-refractivity contribution >= 4 is 29.2 Å². The van der Waals surface area contributed by atoms with E-state index in [0.717, 1.165) is 9.58 Å². The van der Waals surface area contributed by atoms with Crippen molar-refractivity contribution in [1.29, 1.82) is 0 Å². The number of ether oxygens (including phenoxy) is 4. The highest BCUT2D eigenvalue weighted by molar-refractivity contribution is 6.32. The number of nitrogens with zero attached hydrogens (tertiary/aromatic N) is 3. The maximum absolute atomic E-state index is 13.7. The Hall–Kier alpha value is -4.07. The molecular weight excluding hydrogens is 593 g/mol. The third-order valence-corrected chi connectivity index (χ3v) is 8.09. The molecule has 0 unspecified atom stereocenters. The van der Waals surface area contributed by atoms with Gasteiger partial charge < -0.3 is 23.8 Å². The molecule has 222 valence electrons. The number of methoxy groups -OCH3 is 1.